The molecular weight excluding hydrogens is 306 g/mol. The lowest BCUT2D eigenvalue weighted by molar-refractivity contribution is -0.115. The van der Waals surface area contributed by atoms with Crippen LogP contribution < -0.4 is 10.1 Å². The van der Waals surface area contributed by atoms with Crippen molar-refractivity contribution in [2.75, 3.05) is 11.9 Å². The van der Waals surface area contributed by atoms with Crippen molar-refractivity contribution in [2.45, 2.75) is 37.3 Å². The molecule has 0 aliphatic heterocycles. The third-order valence-electron chi connectivity index (χ3n) is 3.40. The predicted octanol–water partition coefficient (Wildman–Crippen LogP) is 4.90. The monoisotopic (exact) mass is 329 g/mol. The van der Waals surface area contributed by atoms with Crippen LogP contribution in [0.5, 0.6) is 5.75 Å². The van der Waals surface area contributed by atoms with Crippen LogP contribution in [0, 0.1) is 6.92 Å². The minimum atomic E-state index is -0.107. The van der Waals surface area contributed by atoms with E-state index in [0.29, 0.717) is 6.61 Å². The Morgan fingerprint density at radius 2 is 1.74 bits per heavy atom. The van der Waals surface area contributed by atoms with Gasteiger partial charge in [0.25, 0.3) is 0 Å². The highest BCUT2D eigenvalue weighted by atomic mass is 32.2. The van der Waals surface area contributed by atoms with Gasteiger partial charge in [0.2, 0.25) is 5.91 Å². The Morgan fingerprint density at radius 3 is 2.30 bits per heavy atom. The first-order valence-electron chi connectivity index (χ1n) is 7.89. The van der Waals surface area contributed by atoms with Crippen LogP contribution in [0.2, 0.25) is 0 Å². The quantitative estimate of drug-likeness (QED) is 0.734. The molecule has 4 heteroatoms. The molecule has 0 saturated heterocycles. The highest BCUT2D eigenvalue weighted by molar-refractivity contribution is 8.00. The molecule has 0 fully saturated rings. The minimum Gasteiger partial charge on any atom is -0.494 e. The van der Waals surface area contributed by atoms with Crippen molar-refractivity contribution >= 4 is 23.4 Å². The third kappa shape index (κ3) is 5.32. The molecule has 122 valence electrons. The molecule has 1 N–H and O–H groups in total. The Morgan fingerprint density at radius 1 is 1.09 bits per heavy atom. The smallest absolute Gasteiger partial charge is 0.237 e. The summed E-state index contributed by atoms with van der Waals surface area (Å²) in [5.41, 5.74) is 2.02. The van der Waals surface area contributed by atoms with Gasteiger partial charge in [-0.2, -0.15) is 0 Å². The van der Waals surface area contributed by atoms with Crippen molar-refractivity contribution in [1.29, 1.82) is 0 Å². The van der Waals surface area contributed by atoms with Crippen LogP contribution in [-0.4, -0.2) is 17.8 Å². The number of aryl methyl sites for hydroxylation is 1. The van der Waals surface area contributed by atoms with E-state index in [1.54, 1.807) is 11.8 Å². The average molecular weight is 329 g/mol. The van der Waals surface area contributed by atoms with Crippen LogP contribution in [0.3, 0.4) is 0 Å². The Labute approximate surface area is 142 Å². The van der Waals surface area contributed by atoms with Gasteiger partial charge in [-0.05, 0) is 56.7 Å². The molecule has 0 heterocycles. The molecule has 2 rings (SSSR count). The molecule has 1 atom stereocenters. The van der Waals surface area contributed by atoms with Gasteiger partial charge in [-0.25, -0.2) is 0 Å². The molecule has 2 aromatic carbocycles. The van der Waals surface area contributed by atoms with E-state index in [2.05, 4.69) is 36.5 Å². The summed E-state index contributed by atoms with van der Waals surface area (Å²) in [5.74, 6) is 0.841. The second kappa shape index (κ2) is 8.63. The van der Waals surface area contributed by atoms with Gasteiger partial charge >= 0.3 is 0 Å². The van der Waals surface area contributed by atoms with Crippen molar-refractivity contribution in [1.82, 2.24) is 0 Å². The van der Waals surface area contributed by atoms with Gasteiger partial charge < -0.3 is 10.1 Å². The normalized spacial score (nSPS) is 11.8. The number of carbonyl (C=O) groups excluding carboxylic acids is 1. The van der Waals surface area contributed by atoms with E-state index in [9.17, 15) is 4.79 Å². The van der Waals surface area contributed by atoms with E-state index in [1.807, 2.05) is 38.1 Å². The fourth-order valence-electron chi connectivity index (χ4n) is 2.13. The third-order valence-corrected chi connectivity index (χ3v) is 4.77. The molecule has 0 aliphatic rings. The van der Waals surface area contributed by atoms with Crippen molar-refractivity contribution in [3.63, 3.8) is 0 Å². The lowest BCUT2D eigenvalue weighted by Gasteiger charge is -2.15. The average Bonchev–Trinajstić information content (AvgIpc) is 2.56. The summed E-state index contributed by atoms with van der Waals surface area (Å²) in [6.07, 6.45) is 0.779. The molecule has 3 nitrogen and oxygen atoms in total. The van der Waals surface area contributed by atoms with E-state index >= 15 is 0 Å². The lowest BCUT2D eigenvalue weighted by Crippen LogP contribution is -2.24. The molecule has 2 aromatic rings. The maximum atomic E-state index is 12.5. The minimum absolute atomic E-state index is 0.0298. The van der Waals surface area contributed by atoms with Gasteiger partial charge in [-0.15, -0.1) is 11.8 Å². The van der Waals surface area contributed by atoms with Crippen molar-refractivity contribution in [3.05, 3.63) is 54.1 Å². The number of nitrogens with one attached hydrogen (secondary N) is 1. The molecule has 0 spiro atoms. The van der Waals surface area contributed by atoms with E-state index < -0.39 is 0 Å². The molecule has 0 aromatic heterocycles. The van der Waals surface area contributed by atoms with E-state index in [0.717, 1.165) is 22.8 Å². The number of rotatable bonds is 7. The van der Waals surface area contributed by atoms with Crippen LogP contribution in [0.1, 0.15) is 25.8 Å². The lowest BCUT2D eigenvalue weighted by atomic mass is 10.2. The summed E-state index contributed by atoms with van der Waals surface area (Å²) in [6.45, 7) is 6.68. The zero-order valence-electron chi connectivity index (χ0n) is 13.8. The van der Waals surface area contributed by atoms with Crippen molar-refractivity contribution in [3.8, 4) is 5.75 Å². The number of hydrogen-bond donors (Lipinski definition) is 1. The van der Waals surface area contributed by atoms with Crippen LogP contribution in [0.25, 0.3) is 0 Å². The first kappa shape index (κ1) is 17.4. The Hall–Kier alpha value is -1.94. The second-order valence-corrected chi connectivity index (χ2v) is 6.55. The number of amides is 1. The second-order valence-electron chi connectivity index (χ2n) is 5.27. The molecule has 0 radical (unpaired) electrons. The zero-order chi connectivity index (χ0) is 16.7. The Bertz CT molecular complexity index is 623. The number of benzene rings is 2. The van der Waals surface area contributed by atoms with Crippen LogP contribution in [0.4, 0.5) is 5.69 Å². The van der Waals surface area contributed by atoms with E-state index in [1.165, 1.54) is 5.56 Å². The highest BCUT2D eigenvalue weighted by Crippen LogP contribution is 2.27. The van der Waals surface area contributed by atoms with Gasteiger partial charge in [0, 0.05) is 10.6 Å². The van der Waals surface area contributed by atoms with Gasteiger partial charge in [-0.3, -0.25) is 4.79 Å². The molecule has 0 bridgehead atoms. The van der Waals surface area contributed by atoms with Crippen LogP contribution >= 0.6 is 11.8 Å². The largest absolute Gasteiger partial charge is 0.494 e. The summed E-state index contributed by atoms with van der Waals surface area (Å²) >= 11 is 1.60. The van der Waals surface area contributed by atoms with Gasteiger partial charge in [-0.1, -0.05) is 24.6 Å². The highest BCUT2D eigenvalue weighted by Gasteiger charge is 2.18. The van der Waals surface area contributed by atoms with Gasteiger partial charge in [0.1, 0.15) is 5.75 Å². The standard InChI is InChI=1S/C19H23NO2S/c1-4-18(23-17-12-6-14(3)7-13-17)19(21)20-15-8-10-16(11-9-15)22-5-2/h6-13,18H,4-5H2,1-3H3,(H,20,21). The predicted molar refractivity (Wildman–Crippen MR) is 97.4 cm³/mol. The number of thioether (sulfide) groups is 1. The summed E-state index contributed by atoms with van der Waals surface area (Å²) in [6, 6.07) is 15.7. The Kier molecular flexibility index (Phi) is 6.53. The maximum Gasteiger partial charge on any atom is 0.237 e. The molecule has 0 saturated carbocycles. The summed E-state index contributed by atoms with van der Waals surface area (Å²) in [4.78, 5) is 13.6. The summed E-state index contributed by atoms with van der Waals surface area (Å²) in [5, 5.41) is 2.87. The summed E-state index contributed by atoms with van der Waals surface area (Å²) in [7, 11) is 0. The number of ether oxygens (including phenoxy) is 1. The molecule has 1 amide bonds. The van der Waals surface area contributed by atoms with E-state index in [-0.39, 0.29) is 11.2 Å². The SMILES string of the molecule is CCOc1ccc(NC(=O)C(CC)Sc2ccc(C)cc2)cc1. The fourth-order valence-corrected chi connectivity index (χ4v) is 3.08. The van der Waals surface area contributed by atoms with Crippen LogP contribution in [-0.2, 0) is 4.79 Å². The van der Waals surface area contributed by atoms with E-state index in [4.69, 9.17) is 4.74 Å². The van der Waals surface area contributed by atoms with Crippen LogP contribution in [0.15, 0.2) is 53.4 Å². The molecule has 1 unspecified atom stereocenters. The Balaban J connectivity index is 1.97. The first-order chi connectivity index (χ1) is 11.1. The number of anilines is 1. The molecule has 0 aliphatic carbocycles. The van der Waals surface area contributed by atoms with Crippen molar-refractivity contribution < 1.29 is 9.53 Å². The zero-order valence-corrected chi connectivity index (χ0v) is 14.7. The maximum absolute atomic E-state index is 12.5. The fraction of sp³-hybridized carbons (Fsp3) is 0.316. The molecule has 23 heavy (non-hydrogen) atoms. The van der Waals surface area contributed by atoms with Gasteiger partial charge in [0.15, 0.2) is 0 Å². The number of hydrogen-bond acceptors (Lipinski definition) is 3. The van der Waals surface area contributed by atoms with Gasteiger partial charge in [0.05, 0.1) is 11.9 Å². The molecular formula is C19H23NO2S. The number of carbonyl (C=O) groups is 1. The topological polar surface area (TPSA) is 38.3 Å². The van der Waals surface area contributed by atoms with Crippen molar-refractivity contribution in [2.24, 2.45) is 0 Å². The first-order valence-corrected chi connectivity index (χ1v) is 8.77. The summed E-state index contributed by atoms with van der Waals surface area (Å²) < 4.78 is 5.41.